The molecule has 2 heterocycles. The number of nitrogens with zero attached hydrogens (tertiary/aromatic N) is 4. The van der Waals surface area contributed by atoms with E-state index in [1.807, 2.05) is 7.05 Å². The molecule has 18 heteroatoms. The second kappa shape index (κ2) is 16.7. The van der Waals surface area contributed by atoms with Crippen LogP contribution in [-0.2, 0) is 26.0 Å². The molecule has 52 heavy (non-hydrogen) atoms. The van der Waals surface area contributed by atoms with Crippen molar-refractivity contribution in [1.82, 2.24) is 9.80 Å². The summed E-state index contributed by atoms with van der Waals surface area (Å²) in [4.78, 5) is 30.8. The number of rotatable bonds is 15. The van der Waals surface area contributed by atoms with Gasteiger partial charge in [-0.05, 0) is 61.7 Å². The molecule has 2 aliphatic rings. The van der Waals surface area contributed by atoms with Gasteiger partial charge in [-0.3, -0.25) is 9.10 Å². The van der Waals surface area contributed by atoms with Crippen LogP contribution in [0.25, 0.3) is 0 Å². The number of esters is 1. The monoisotopic (exact) mass is 786 g/mol. The fourth-order valence-electron chi connectivity index (χ4n) is 5.53. The second-order valence-electron chi connectivity index (χ2n) is 12.6. The normalized spacial score (nSPS) is 15.7. The smallest absolute Gasteiger partial charge is 0.387 e. The molecule has 1 saturated carbocycles. The Kier molecular flexibility index (Phi) is 12.6. The highest BCUT2D eigenvalue weighted by Gasteiger charge is 2.31. The van der Waals surface area contributed by atoms with Crippen molar-refractivity contribution in [2.45, 2.75) is 32.0 Å². The van der Waals surface area contributed by atoms with Gasteiger partial charge >= 0.3 is 12.6 Å². The highest BCUT2D eigenvalue weighted by atomic mass is 35.5. The number of ether oxygens (including phenoxy) is 4. The van der Waals surface area contributed by atoms with Gasteiger partial charge in [0.25, 0.3) is 0 Å². The average Bonchev–Trinajstić information content (AvgIpc) is 3.91. The summed E-state index contributed by atoms with van der Waals surface area (Å²) in [5.74, 6) is -1.24. The number of aromatic nitrogens is 1. The van der Waals surface area contributed by atoms with Gasteiger partial charge in [0.15, 0.2) is 23.9 Å². The lowest BCUT2D eigenvalue weighted by molar-refractivity contribution is -0.605. The van der Waals surface area contributed by atoms with Crippen LogP contribution in [0.5, 0.6) is 17.2 Å². The number of pyridine rings is 1. The zero-order valence-corrected chi connectivity index (χ0v) is 30.9. The van der Waals surface area contributed by atoms with Crippen LogP contribution in [-0.4, -0.2) is 96.4 Å². The molecule has 5 rings (SSSR count). The molecule has 2 aromatic carbocycles. The molecule has 1 aromatic heterocycles. The lowest BCUT2D eigenvalue weighted by atomic mass is 10.0. The number of hydrogen-bond acceptors (Lipinski definition) is 10. The third-order valence-electron chi connectivity index (χ3n) is 8.64. The van der Waals surface area contributed by atoms with Crippen LogP contribution < -0.4 is 23.2 Å². The number of anilines is 1. The quantitative estimate of drug-likeness (QED) is 0.121. The minimum atomic E-state index is -4.07. The van der Waals surface area contributed by atoms with Gasteiger partial charge in [-0.2, -0.15) is 13.5 Å². The topological polar surface area (TPSA) is 142 Å². The molecule has 0 spiro atoms. The Hall–Kier alpha value is -4.12. The maximum atomic E-state index is 13.9. The fourth-order valence-corrected chi connectivity index (χ4v) is 6.97. The maximum absolute atomic E-state index is 13.9. The highest BCUT2D eigenvalue weighted by Crippen LogP contribution is 2.39. The molecule has 1 aliphatic carbocycles. The van der Waals surface area contributed by atoms with Crippen LogP contribution in [0.15, 0.2) is 48.8 Å². The van der Waals surface area contributed by atoms with Gasteiger partial charge in [-0.15, -0.1) is 0 Å². The lowest BCUT2D eigenvalue weighted by Gasteiger charge is -2.34. The number of halogens is 4. The van der Waals surface area contributed by atoms with Crippen molar-refractivity contribution in [3.63, 3.8) is 0 Å². The Morgan fingerprint density at radius 1 is 1.02 bits per heavy atom. The second-order valence-corrected chi connectivity index (χ2v) is 15.3. The molecule has 1 amide bonds. The number of carbonyl (C=O) groups is 2. The van der Waals surface area contributed by atoms with E-state index < -0.39 is 41.2 Å². The van der Waals surface area contributed by atoms with Gasteiger partial charge in [-0.25, -0.2) is 13.2 Å². The summed E-state index contributed by atoms with van der Waals surface area (Å²) in [7, 11) is -0.832. The summed E-state index contributed by atoms with van der Waals surface area (Å²) in [6.45, 7) is -1.31. The summed E-state index contributed by atoms with van der Waals surface area (Å²) in [5, 5.41) is 11.9. The van der Waals surface area contributed by atoms with Crippen LogP contribution in [0.2, 0.25) is 10.0 Å². The molecular formula is C34H38Cl2F2N4O9S. The van der Waals surface area contributed by atoms with Crippen LogP contribution in [0, 0.1) is 11.1 Å². The number of carbonyl (C=O) groups excluding carboxylic acids is 2. The van der Waals surface area contributed by atoms with E-state index in [9.17, 15) is 32.0 Å². The van der Waals surface area contributed by atoms with Crippen molar-refractivity contribution >= 4 is 50.8 Å². The van der Waals surface area contributed by atoms with E-state index in [1.54, 1.807) is 4.90 Å². The first-order valence-corrected chi connectivity index (χ1v) is 18.8. The van der Waals surface area contributed by atoms with Crippen LogP contribution in [0.1, 0.15) is 40.4 Å². The Balaban J connectivity index is 1.49. The van der Waals surface area contributed by atoms with Crippen LogP contribution >= 0.6 is 23.2 Å². The van der Waals surface area contributed by atoms with Crippen molar-refractivity contribution in [3.8, 4) is 17.2 Å². The van der Waals surface area contributed by atoms with Gasteiger partial charge in [-0.1, -0.05) is 29.3 Å². The van der Waals surface area contributed by atoms with E-state index in [-0.39, 0.29) is 68.6 Å². The van der Waals surface area contributed by atoms with Crippen molar-refractivity contribution in [2.24, 2.45) is 5.92 Å². The van der Waals surface area contributed by atoms with Crippen LogP contribution in [0.4, 0.5) is 14.5 Å². The number of piperazine rings is 1. The molecule has 1 aliphatic heterocycles. The first kappa shape index (κ1) is 39.1. The molecule has 0 N–H and O–H groups in total. The number of alkyl halides is 2. The summed E-state index contributed by atoms with van der Waals surface area (Å²) in [6, 6.07) is 8.05. The van der Waals surface area contributed by atoms with Gasteiger partial charge in [0, 0.05) is 38.2 Å². The molecule has 13 nitrogen and oxygen atoms in total. The zero-order valence-electron chi connectivity index (χ0n) is 28.6. The van der Waals surface area contributed by atoms with Gasteiger partial charge < -0.3 is 34.0 Å². The van der Waals surface area contributed by atoms with Crippen molar-refractivity contribution < 1.29 is 50.5 Å². The van der Waals surface area contributed by atoms with E-state index in [0.29, 0.717) is 30.9 Å². The van der Waals surface area contributed by atoms with Gasteiger partial charge in [0.2, 0.25) is 15.9 Å². The van der Waals surface area contributed by atoms with Gasteiger partial charge in [0.05, 0.1) is 31.2 Å². The molecular weight excluding hydrogens is 749 g/mol. The van der Waals surface area contributed by atoms with Gasteiger partial charge in [0.1, 0.15) is 28.4 Å². The molecule has 2 fully saturated rings. The van der Waals surface area contributed by atoms with E-state index in [2.05, 4.69) is 9.64 Å². The molecule has 1 saturated heterocycles. The minimum Gasteiger partial charge on any atom is -0.619 e. The molecule has 0 radical (unpaired) electrons. The average molecular weight is 788 g/mol. The predicted octanol–water partition coefficient (Wildman–Crippen LogP) is 4.71. The minimum absolute atomic E-state index is 0.00560. The summed E-state index contributed by atoms with van der Waals surface area (Å²) in [6.07, 6.45) is 3.59. The maximum Gasteiger partial charge on any atom is 0.387 e. The fraction of sp³-hybridized carbons (Fsp3) is 0.441. The third kappa shape index (κ3) is 10.1. The molecule has 1 atom stereocenters. The van der Waals surface area contributed by atoms with E-state index >= 15 is 0 Å². The summed E-state index contributed by atoms with van der Waals surface area (Å²) >= 11 is 12.8. The number of benzene rings is 2. The van der Waals surface area contributed by atoms with Crippen molar-refractivity contribution in [2.75, 3.05) is 64.0 Å². The third-order valence-corrected chi connectivity index (χ3v) is 10.4. The lowest BCUT2D eigenvalue weighted by Crippen LogP contribution is -2.50. The standard InChI is InChI=1S/C34H38Cl2F2N4O9S/c1-39-10-12-40(13-11-39)32(43)19-42(52(3,46)47)27-14-23(7-8-28(27)48-2)33(44)50-30(16-24-25(35)17-41(45)18-26(24)36)22-6-9-29(51-34(37)38)31(15-22)49-20-21-4-5-21/h6-9,14-15,17-18,21,30,34H,4-5,10-13,16,19-20H2,1-3H3. The number of amides is 1. The molecule has 282 valence electrons. The Bertz CT molecular complexity index is 1870. The first-order valence-electron chi connectivity index (χ1n) is 16.2. The number of hydrogen-bond donors (Lipinski definition) is 0. The van der Waals surface area contributed by atoms with E-state index in [1.165, 1.54) is 43.5 Å². The Morgan fingerprint density at radius 2 is 1.67 bits per heavy atom. The number of likely N-dealkylation sites (N-methyl/N-ethyl adjacent to an activating group) is 1. The van der Waals surface area contributed by atoms with E-state index in [4.69, 9.17) is 37.4 Å². The number of sulfonamides is 1. The molecule has 3 aromatic rings. The van der Waals surface area contributed by atoms with Crippen molar-refractivity contribution in [3.05, 3.63) is 80.7 Å². The Morgan fingerprint density at radius 3 is 2.27 bits per heavy atom. The molecule has 1 unspecified atom stereocenters. The largest absolute Gasteiger partial charge is 0.619 e. The summed E-state index contributed by atoms with van der Waals surface area (Å²) in [5.41, 5.74) is 0.364. The number of methoxy groups -OCH3 is 1. The first-order chi connectivity index (χ1) is 24.6. The van der Waals surface area contributed by atoms with E-state index in [0.717, 1.165) is 35.8 Å². The highest BCUT2D eigenvalue weighted by molar-refractivity contribution is 7.92. The van der Waals surface area contributed by atoms with Crippen LogP contribution in [0.3, 0.4) is 0 Å². The predicted molar refractivity (Wildman–Crippen MR) is 188 cm³/mol. The Labute approximate surface area is 310 Å². The SMILES string of the molecule is COc1ccc(C(=O)OC(Cc2c(Cl)c[n+]([O-])cc2Cl)c2ccc(OC(F)F)c(OCC3CC3)c2)cc1N(CC(=O)N1CCN(C)CC1)S(C)(=O)=O. The van der Waals surface area contributed by atoms with Crippen molar-refractivity contribution in [1.29, 1.82) is 0 Å². The molecule has 0 bridgehead atoms. The zero-order chi connectivity index (χ0) is 37.7. The summed E-state index contributed by atoms with van der Waals surface area (Å²) < 4.78 is 75.9.